The quantitative estimate of drug-likeness (QED) is 0.886. The number of nitrogens with zero attached hydrogens (tertiary/aromatic N) is 1. The molecular weight excluding hydrogens is 270 g/mol. The third kappa shape index (κ3) is 2.18. The summed E-state index contributed by atoms with van der Waals surface area (Å²) in [5, 5.41) is 3.92. The number of rotatable bonds is 4. The van der Waals surface area contributed by atoms with Gasteiger partial charge in [0.25, 0.3) is 0 Å². The van der Waals surface area contributed by atoms with Crippen molar-refractivity contribution >= 4 is 5.57 Å². The Balaban J connectivity index is 1.27. The van der Waals surface area contributed by atoms with Crippen LogP contribution in [0, 0.1) is 17.8 Å². The number of imidazole rings is 1. The maximum absolute atomic E-state index is 4.59. The minimum atomic E-state index is 0.426. The van der Waals surface area contributed by atoms with Crippen LogP contribution < -0.4 is 5.32 Å². The molecule has 0 aromatic carbocycles. The fraction of sp³-hybridized carbons (Fsp3) is 0.632. The minimum absolute atomic E-state index is 0.426. The Hall–Kier alpha value is -1.35. The van der Waals surface area contributed by atoms with Gasteiger partial charge >= 0.3 is 0 Å². The molecule has 0 atom stereocenters. The third-order valence-electron chi connectivity index (χ3n) is 6.41. The molecule has 0 aliphatic heterocycles. The topological polar surface area (TPSA) is 40.7 Å². The lowest BCUT2D eigenvalue weighted by Gasteiger charge is -2.57. The first-order valence-corrected chi connectivity index (χ1v) is 8.93. The molecule has 5 aliphatic carbocycles. The number of nitrogens with one attached hydrogen (secondary N) is 2. The molecule has 4 bridgehead atoms. The van der Waals surface area contributed by atoms with Gasteiger partial charge < -0.3 is 10.3 Å². The summed E-state index contributed by atoms with van der Waals surface area (Å²) >= 11 is 0. The molecule has 0 unspecified atom stereocenters. The molecule has 3 nitrogen and oxygen atoms in total. The first-order chi connectivity index (χ1) is 10.8. The van der Waals surface area contributed by atoms with E-state index in [1.165, 1.54) is 49.8 Å². The van der Waals surface area contributed by atoms with Crippen LogP contribution in [0.3, 0.4) is 0 Å². The fourth-order valence-corrected chi connectivity index (χ4v) is 5.86. The van der Waals surface area contributed by atoms with Gasteiger partial charge in [0.05, 0.1) is 18.4 Å². The van der Waals surface area contributed by atoms with Crippen molar-refractivity contribution in [1.29, 1.82) is 0 Å². The molecule has 1 heterocycles. The van der Waals surface area contributed by atoms with Crippen LogP contribution in [0.5, 0.6) is 0 Å². The molecule has 2 N–H and O–H groups in total. The molecule has 0 radical (unpaired) electrons. The number of H-pyrrole nitrogens is 1. The maximum atomic E-state index is 4.59. The van der Waals surface area contributed by atoms with E-state index >= 15 is 0 Å². The molecule has 22 heavy (non-hydrogen) atoms. The Morgan fingerprint density at radius 2 is 1.86 bits per heavy atom. The van der Waals surface area contributed by atoms with Crippen molar-refractivity contribution in [2.75, 3.05) is 0 Å². The predicted molar refractivity (Wildman–Crippen MR) is 88.1 cm³/mol. The van der Waals surface area contributed by atoms with E-state index in [0.717, 1.165) is 36.5 Å². The highest BCUT2D eigenvalue weighted by Crippen LogP contribution is 2.55. The van der Waals surface area contributed by atoms with Gasteiger partial charge in [-0.05, 0) is 68.3 Å². The molecule has 0 amide bonds. The van der Waals surface area contributed by atoms with E-state index in [-0.39, 0.29) is 0 Å². The van der Waals surface area contributed by atoms with Gasteiger partial charge in [0, 0.05) is 5.54 Å². The van der Waals surface area contributed by atoms with E-state index in [4.69, 9.17) is 0 Å². The Bertz CT molecular complexity index is 602. The van der Waals surface area contributed by atoms with Gasteiger partial charge in [-0.15, -0.1) is 0 Å². The molecule has 5 aliphatic rings. The molecule has 1 aromatic rings. The summed E-state index contributed by atoms with van der Waals surface area (Å²) in [6, 6.07) is 0. The molecule has 1 aromatic heterocycles. The Kier molecular flexibility index (Phi) is 2.88. The smallest absolute Gasteiger partial charge is 0.120 e. The number of allylic oxidation sites excluding steroid dienone is 4. The molecule has 6 rings (SSSR count). The van der Waals surface area contributed by atoms with Crippen molar-refractivity contribution in [2.24, 2.45) is 17.8 Å². The highest BCUT2D eigenvalue weighted by atomic mass is 15.0. The second-order valence-electron chi connectivity index (χ2n) is 8.12. The normalized spacial score (nSPS) is 38.7. The van der Waals surface area contributed by atoms with Gasteiger partial charge in [0.1, 0.15) is 5.82 Å². The highest BCUT2D eigenvalue weighted by Gasteiger charge is 2.50. The Morgan fingerprint density at radius 1 is 1.14 bits per heavy atom. The van der Waals surface area contributed by atoms with Crippen LogP contribution in [0.15, 0.2) is 24.4 Å². The van der Waals surface area contributed by atoms with E-state index in [2.05, 4.69) is 33.5 Å². The van der Waals surface area contributed by atoms with Gasteiger partial charge in [-0.2, -0.15) is 0 Å². The van der Waals surface area contributed by atoms with Gasteiger partial charge in [-0.3, -0.25) is 0 Å². The van der Waals surface area contributed by atoms with Crippen molar-refractivity contribution in [1.82, 2.24) is 15.3 Å². The van der Waals surface area contributed by atoms with Crippen LogP contribution in [0.25, 0.3) is 5.57 Å². The van der Waals surface area contributed by atoms with Crippen LogP contribution in [0.4, 0.5) is 0 Å². The SMILES string of the molecule is C1=CCC(c2cnc(CNC34CC5CC(CC(C5)C3)C4)[nH]2)=C1. The summed E-state index contributed by atoms with van der Waals surface area (Å²) in [4.78, 5) is 8.10. The van der Waals surface area contributed by atoms with Crippen molar-refractivity contribution in [2.45, 2.75) is 57.0 Å². The summed E-state index contributed by atoms with van der Waals surface area (Å²) in [6.07, 6.45) is 18.3. The predicted octanol–water partition coefficient (Wildman–Crippen LogP) is 3.81. The largest absolute Gasteiger partial charge is 0.341 e. The molecule has 0 spiro atoms. The zero-order valence-corrected chi connectivity index (χ0v) is 13.1. The highest BCUT2D eigenvalue weighted by molar-refractivity contribution is 5.67. The standard InChI is InChI=1S/C19H25N3/c1-2-4-16(3-1)17-11-20-18(22-17)12-21-19-8-13-5-14(9-19)7-15(6-13)10-19/h1-3,11,13-15,21H,4-10,12H2,(H,20,22). The minimum Gasteiger partial charge on any atom is -0.341 e. The lowest BCUT2D eigenvalue weighted by atomic mass is 9.53. The lowest BCUT2D eigenvalue weighted by Crippen LogP contribution is -2.58. The summed E-state index contributed by atoms with van der Waals surface area (Å²) in [6.45, 7) is 0.896. The van der Waals surface area contributed by atoms with Crippen molar-refractivity contribution < 1.29 is 0 Å². The van der Waals surface area contributed by atoms with Crippen molar-refractivity contribution in [3.8, 4) is 0 Å². The van der Waals surface area contributed by atoms with Gasteiger partial charge in [0.15, 0.2) is 0 Å². The van der Waals surface area contributed by atoms with Crippen LogP contribution >= 0.6 is 0 Å². The van der Waals surface area contributed by atoms with Crippen LogP contribution in [-0.2, 0) is 6.54 Å². The van der Waals surface area contributed by atoms with E-state index < -0.39 is 0 Å². The van der Waals surface area contributed by atoms with E-state index in [1.807, 2.05) is 6.20 Å². The van der Waals surface area contributed by atoms with E-state index in [0.29, 0.717) is 5.54 Å². The summed E-state index contributed by atoms with van der Waals surface area (Å²) in [5.41, 5.74) is 2.97. The Labute approximate surface area is 132 Å². The van der Waals surface area contributed by atoms with Crippen LogP contribution in [0.2, 0.25) is 0 Å². The second kappa shape index (κ2) is 4.82. The van der Waals surface area contributed by atoms with E-state index in [1.54, 1.807) is 0 Å². The Morgan fingerprint density at radius 3 is 2.50 bits per heavy atom. The van der Waals surface area contributed by atoms with Crippen molar-refractivity contribution in [3.05, 3.63) is 35.9 Å². The average Bonchev–Trinajstić information content (AvgIpc) is 3.15. The number of aromatic amines is 1. The summed E-state index contributed by atoms with van der Waals surface area (Å²) in [7, 11) is 0. The van der Waals surface area contributed by atoms with Gasteiger partial charge in [-0.25, -0.2) is 4.98 Å². The van der Waals surface area contributed by atoms with Gasteiger partial charge in [-0.1, -0.05) is 18.2 Å². The second-order valence-corrected chi connectivity index (χ2v) is 8.12. The lowest BCUT2D eigenvalue weighted by molar-refractivity contribution is -0.0208. The number of hydrogen-bond acceptors (Lipinski definition) is 2. The monoisotopic (exact) mass is 295 g/mol. The first-order valence-electron chi connectivity index (χ1n) is 8.93. The zero-order chi connectivity index (χ0) is 14.6. The van der Waals surface area contributed by atoms with E-state index in [9.17, 15) is 0 Å². The molecule has 116 valence electrons. The maximum Gasteiger partial charge on any atom is 0.120 e. The van der Waals surface area contributed by atoms with Crippen LogP contribution in [0.1, 0.15) is 56.5 Å². The van der Waals surface area contributed by atoms with Crippen molar-refractivity contribution in [3.63, 3.8) is 0 Å². The average molecular weight is 295 g/mol. The first kappa shape index (κ1) is 13.1. The third-order valence-corrected chi connectivity index (χ3v) is 6.41. The fourth-order valence-electron chi connectivity index (χ4n) is 5.86. The van der Waals surface area contributed by atoms with Crippen LogP contribution in [-0.4, -0.2) is 15.5 Å². The molecule has 3 heteroatoms. The number of aromatic nitrogens is 2. The molecule has 4 fully saturated rings. The summed E-state index contributed by atoms with van der Waals surface area (Å²) < 4.78 is 0. The zero-order valence-electron chi connectivity index (χ0n) is 13.1. The molecule has 4 saturated carbocycles. The molecule has 0 saturated heterocycles. The molecular formula is C19H25N3. The van der Waals surface area contributed by atoms with Gasteiger partial charge in [0.2, 0.25) is 0 Å². The summed E-state index contributed by atoms with van der Waals surface area (Å²) in [5.74, 6) is 4.10. The number of hydrogen-bond donors (Lipinski definition) is 2.